The van der Waals surface area contributed by atoms with E-state index in [1.54, 1.807) is 0 Å². The van der Waals surface area contributed by atoms with Crippen LogP contribution < -0.4 is 4.74 Å². The molecule has 2 aliphatic carbocycles. The van der Waals surface area contributed by atoms with Crippen molar-refractivity contribution < 1.29 is 31.1 Å². The minimum Gasteiger partial charge on any atom is -0.424 e. The number of hydrogen-bond acceptors (Lipinski definition) is 1. The summed E-state index contributed by atoms with van der Waals surface area (Å²) in [6.07, 6.45) is 2.25. The van der Waals surface area contributed by atoms with Gasteiger partial charge in [-0.05, 0) is 79.9 Å². The summed E-state index contributed by atoms with van der Waals surface area (Å²) in [7, 11) is 0. The minimum atomic E-state index is -4.92. The molecule has 0 aliphatic heterocycles. The van der Waals surface area contributed by atoms with Gasteiger partial charge in [0.1, 0.15) is 0 Å². The van der Waals surface area contributed by atoms with Crippen LogP contribution in [0.3, 0.4) is 0 Å². The van der Waals surface area contributed by atoms with Gasteiger partial charge in [-0.2, -0.15) is 22.0 Å². The van der Waals surface area contributed by atoms with Crippen molar-refractivity contribution in [3.63, 3.8) is 0 Å². The van der Waals surface area contributed by atoms with Crippen LogP contribution in [0, 0.1) is 23.6 Å². The molecular weight excluding hydrogens is 406 g/mol. The van der Waals surface area contributed by atoms with Gasteiger partial charge in [-0.3, -0.25) is 0 Å². The molecule has 1 aromatic rings. The van der Waals surface area contributed by atoms with E-state index in [9.17, 15) is 26.3 Å². The molecule has 2 fully saturated rings. The Balaban J connectivity index is 1.58. The van der Waals surface area contributed by atoms with E-state index in [1.165, 1.54) is 38.2 Å². The van der Waals surface area contributed by atoms with Crippen LogP contribution in [0.5, 0.6) is 5.75 Å². The van der Waals surface area contributed by atoms with Gasteiger partial charge in [0.05, 0.1) is 0 Å². The lowest BCUT2D eigenvalue weighted by atomic mass is 9.68. The van der Waals surface area contributed by atoms with Gasteiger partial charge in [0, 0.05) is 0 Å². The van der Waals surface area contributed by atoms with E-state index in [0.717, 1.165) is 49.7 Å². The van der Waals surface area contributed by atoms with E-state index >= 15 is 0 Å². The molecular formula is C23H28F6O. The monoisotopic (exact) mass is 434 g/mol. The Bertz CT molecular complexity index is 742. The number of ether oxygens (including phenoxy) is 1. The molecule has 0 N–H and O–H groups in total. The third-order valence-corrected chi connectivity index (χ3v) is 6.99. The smallest absolute Gasteiger partial charge is 0.424 e. The first-order valence-electron chi connectivity index (χ1n) is 10.8. The van der Waals surface area contributed by atoms with Crippen LogP contribution in [-0.2, 0) is 0 Å². The SMILES string of the molecule is CCC1CCC(C2CCC(c3ccc(OC(F)(F)C(F)=C(F)F)c(F)c3)CC2)CC1. The summed E-state index contributed by atoms with van der Waals surface area (Å²) in [6, 6.07) is 3.51. The molecule has 3 rings (SSSR count). The standard InChI is InChI=1S/C23H28F6O/c1-2-14-3-5-15(6-4-14)16-7-9-17(10-8-16)18-11-12-20(19(24)13-18)30-23(28,29)21(25)22(26)27/h11-17H,2-10H2,1H3. The second-order valence-corrected chi connectivity index (χ2v) is 8.68. The fraction of sp³-hybridized carbons (Fsp3) is 0.652. The van der Waals surface area contributed by atoms with Gasteiger partial charge in [0.15, 0.2) is 11.6 Å². The highest BCUT2D eigenvalue weighted by Crippen LogP contribution is 2.45. The van der Waals surface area contributed by atoms with Gasteiger partial charge in [0.25, 0.3) is 5.83 Å². The van der Waals surface area contributed by atoms with E-state index in [0.29, 0.717) is 11.5 Å². The van der Waals surface area contributed by atoms with Crippen molar-refractivity contribution >= 4 is 0 Å². The molecule has 0 aromatic heterocycles. The van der Waals surface area contributed by atoms with Gasteiger partial charge in [-0.1, -0.05) is 32.3 Å². The van der Waals surface area contributed by atoms with Crippen molar-refractivity contribution in [1.82, 2.24) is 0 Å². The summed E-state index contributed by atoms with van der Waals surface area (Å²) >= 11 is 0. The normalized spacial score (nSPS) is 27.6. The van der Waals surface area contributed by atoms with Crippen LogP contribution in [0.1, 0.15) is 76.2 Å². The molecule has 168 valence electrons. The maximum absolute atomic E-state index is 14.3. The van der Waals surface area contributed by atoms with E-state index in [4.69, 9.17) is 0 Å². The van der Waals surface area contributed by atoms with Gasteiger partial charge in [-0.25, -0.2) is 4.39 Å². The topological polar surface area (TPSA) is 9.23 Å². The number of alkyl halides is 2. The first kappa shape index (κ1) is 23.0. The van der Waals surface area contributed by atoms with Crippen LogP contribution in [0.25, 0.3) is 0 Å². The molecule has 1 nitrogen and oxygen atoms in total. The van der Waals surface area contributed by atoms with Crippen molar-refractivity contribution in [2.45, 2.75) is 76.7 Å². The zero-order valence-corrected chi connectivity index (χ0v) is 17.1. The highest BCUT2D eigenvalue weighted by Gasteiger charge is 2.43. The van der Waals surface area contributed by atoms with Crippen molar-refractivity contribution in [2.24, 2.45) is 17.8 Å². The molecule has 0 unspecified atom stereocenters. The van der Waals surface area contributed by atoms with Crippen molar-refractivity contribution in [1.29, 1.82) is 0 Å². The molecule has 2 saturated carbocycles. The molecule has 7 heteroatoms. The highest BCUT2D eigenvalue weighted by molar-refractivity contribution is 5.32. The van der Waals surface area contributed by atoms with E-state index < -0.39 is 29.6 Å². The van der Waals surface area contributed by atoms with Crippen molar-refractivity contribution in [3.05, 3.63) is 41.5 Å². The third-order valence-electron chi connectivity index (χ3n) is 6.99. The Morgan fingerprint density at radius 1 is 0.933 bits per heavy atom. The maximum atomic E-state index is 14.3. The van der Waals surface area contributed by atoms with E-state index in [2.05, 4.69) is 11.7 Å². The highest BCUT2D eigenvalue weighted by atomic mass is 19.3. The summed E-state index contributed by atoms with van der Waals surface area (Å²) in [5.41, 5.74) is 0.670. The average Bonchev–Trinajstić information content (AvgIpc) is 2.74. The molecule has 0 spiro atoms. The molecule has 0 radical (unpaired) electrons. The summed E-state index contributed by atoms with van der Waals surface area (Å²) < 4.78 is 81.9. The molecule has 0 bridgehead atoms. The first-order chi connectivity index (χ1) is 14.2. The molecule has 0 heterocycles. The molecule has 1 aromatic carbocycles. The zero-order valence-electron chi connectivity index (χ0n) is 17.1. The predicted molar refractivity (Wildman–Crippen MR) is 103 cm³/mol. The first-order valence-corrected chi connectivity index (χ1v) is 10.8. The Kier molecular flexibility index (Phi) is 7.40. The van der Waals surface area contributed by atoms with Crippen molar-refractivity contribution in [3.8, 4) is 5.75 Å². The number of benzene rings is 1. The summed E-state index contributed by atoms with van der Waals surface area (Å²) in [5.74, 6) is -2.65. The van der Waals surface area contributed by atoms with Crippen LogP contribution in [0.4, 0.5) is 26.3 Å². The fourth-order valence-electron chi connectivity index (χ4n) is 5.14. The fourth-order valence-corrected chi connectivity index (χ4v) is 5.14. The Hall–Kier alpha value is -1.66. The number of rotatable bonds is 6. The Morgan fingerprint density at radius 2 is 1.50 bits per heavy atom. The lowest BCUT2D eigenvalue weighted by molar-refractivity contribution is -0.161. The minimum absolute atomic E-state index is 0.122. The Labute approximate surface area is 173 Å². The van der Waals surface area contributed by atoms with Gasteiger partial charge in [0.2, 0.25) is 0 Å². The third kappa shape index (κ3) is 5.33. The lowest BCUT2D eigenvalue weighted by Gasteiger charge is -2.38. The second kappa shape index (κ2) is 9.65. The molecule has 2 aliphatic rings. The molecule has 0 atom stereocenters. The molecule has 0 amide bonds. The Morgan fingerprint density at radius 3 is 2.00 bits per heavy atom. The van der Waals surface area contributed by atoms with Crippen LogP contribution >= 0.6 is 0 Å². The summed E-state index contributed by atoms with van der Waals surface area (Å²) in [4.78, 5) is 0. The average molecular weight is 434 g/mol. The number of hydrogen-bond donors (Lipinski definition) is 0. The second-order valence-electron chi connectivity index (χ2n) is 8.68. The van der Waals surface area contributed by atoms with Crippen LogP contribution in [0.2, 0.25) is 0 Å². The van der Waals surface area contributed by atoms with Gasteiger partial charge in [-0.15, -0.1) is 0 Å². The lowest BCUT2D eigenvalue weighted by Crippen LogP contribution is -2.26. The summed E-state index contributed by atoms with van der Waals surface area (Å²) in [6.45, 7) is 2.25. The number of halogens is 6. The van der Waals surface area contributed by atoms with Gasteiger partial charge < -0.3 is 4.74 Å². The van der Waals surface area contributed by atoms with E-state index in [1.807, 2.05) is 0 Å². The predicted octanol–water partition coefficient (Wildman–Crippen LogP) is 8.37. The summed E-state index contributed by atoms with van der Waals surface area (Å²) in [5, 5.41) is 0. The zero-order chi connectivity index (χ0) is 21.9. The van der Waals surface area contributed by atoms with Crippen LogP contribution in [0.15, 0.2) is 30.1 Å². The maximum Gasteiger partial charge on any atom is 0.459 e. The van der Waals surface area contributed by atoms with Gasteiger partial charge >= 0.3 is 12.2 Å². The van der Waals surface area contributed by atoms with Crippen molar-refractivity contribution in [2.75, 3.05) is 0 Å². The molecule has 0 saturated heterocycles. The van der Waals surface area contributed by atoms with E-state index in [-0.39, 0.29) is 5.92 Å². The molecule has 30 heavy (non-hydrogen) atoms. The van der Waals surface area contributed by atoms with Crippen LogP contribution in [-0.4, -0.2) is 6.11 Å². The largest absolute Gasteiger partial charge is 0.459 e. The quantitative estimate of drug-likeness (QED) is 0.409.